The molecule has 1 fully saturated rings. The normalized spacial score (nSPS) is 17.1. The third-order valence-electron chi connectivity index (χ3n) is 5.47. The lowest BCUT2D eigenvalue weighted by Crippen LogP contribution is -2.50. The molecular weight excluding hydrogens is 376 g/mol. The average molecular weight is 403 g/mol. The Morgan fingerprint density at radius 3 is 2.29 bits per heavy atom. The first-order valence-electron chi connectivity index (χ1n) is 9.28. The van der Waals surface area contributed by atoms with Crippen LogP contribution in [0.4, 0.5) is 0 Å². The summed E-state index contributed by atoms with van der Waals surface area (Å²) in [4.78, 5) is 12.8. The molecule has 28 heavy (non-hydrogen) atoms. The van der Waals surface area contributed by atoms with Gasteiger partial charge in [0.15, 0.2) is 0 Å². The zero-order valence-electron chi connectivity index (χ0n) is 16.2. The van der Waals surface area contributed by atoms with Crippen molar-refractivity contribution in [3.8, 4) is 5.75 Å². The van der Waals surface area contributed by atoms with Crippen LogP contribution in [0.2, 0.25) is 0 Å². The van der Waals surface area contributed by atoms with E-state index in [9.17, 15) is 13.2 Å². The number of methoxy groups -OCH3 is 1. The highest BCUT2D eigenvalue weighted by atomic mass is 32.2. The van der Waals surface area contributed by atoms with E-state index >= 15 is 0 Å². The van der Waals surface area contributed by atoms with Gasteiger partial charge in [-0.25, -0.2) is 12.7 Å². The molecule has 150 valence electrons. The minimum absolute atomic E-state index is 0.196. The summed E-state index contributed by atoms with van der Waals surface area (Å²) in [5.74, 6) is 0.332. The van der Waals surface area contributed by atoms with Crippen LogP contribution in [0.25, 0.3) is 0 Å². The van der Waals surface area contributed by atoms with Gasteiger partial charge in [-0.15, -0.1) is 0 Å². The predicted octanol–water partition coefficient (Wildman–Crippen LogP) is 2.42. The van der Waals surface area contributed by atoms with Crippen LogP contribution in [0.1, 0.15) is 28.8 Å². The minimum Gasteiger partial charge on any atom is -0.496 e. The second-order valence-electron chi connectivity index (χ2n) is 7.19. The molecule has 0 atom stereocenters. The van der Waals surface area contributed by atoms with Crippen LogP contribution in [0.5, 0.6) is 5.75 Å². The molecule has 0 spiro atoms. The van der Waals surface area contributed by atoms with Gasteiger partial charge in [-0.2, -0.15) is 0 Å². The molecule has 1 heterocycles. The lowest BCUT2D eigenvalue weighted by Gasteiger charge is -2.41. The van der Waals surface area contributed by atoms with E-state index in [-0.39, 0.29) is 11.3 Å². The van der Waals surface area contributed by atoms with Crippen molar-refractivity contribution in [1.82, 2.24) is 9.62 Å². The van der Waals surface area contributed by atoms with E-state index in [0.717, 1.165) is 5.56 Å². The molecule has 2 aromatic rings. The number of benzene rings is 2. The average Bonchev–Trinajstić information content (AvgIpc) is 2.72. The lowest BCUT2D eigenvalue weighted by molar-refractivity contribution is 0.0930. The molecule has 7 heteroatoms. The van der Waals surface area contributed by atoms with Gasteiger partial charge in [0.05, 0.1) is 18.9 Å². The molecule has 0 bridgehead atoms. The summed E-state index contributed by atoms with van der Waals surface area (Å²) in [7, 11) is -1.67. The summed E-state index contributed by atoms with van der Waals surface area (Å²) in [6, 6.07) is 17.1. The summed E-state index contributed by atoms with van der Waals surface area (Å²) in [6.07, 6.45) is 2.54. The number of amides is 1. The Morgan fingerprint density at radius 2 is 1.68 bits per heavy atom. The molecule has 2 aromatic carbocycles. The summed E-state index contributed by atoms with van der Waals surface area (Å²) in [6.45, 7) is 1.32. The maximum Gasteiger partial charge on any atom is 0.255 e. The summed E-state index contributed by atoms with van der Waals surface area (Å²) in [5, 5.41) is 3.05. The SMILES string of the molecule is COc1ccccc1C(=O)NCC1(c2ccccc2)CCN(S(C)(=O)=O)CC1. The van der Waals surface area contributed by atoms with Gasteiger partial charge in [0.1, 0.15) is 5.75 Å². The topological polar surface area (TPSA) is 75.7 Å². The van der Waals surface area contributed by atoms with Crippen LogP contribution in [-0.4, -0.2) is 51.6 Å². The lowest BCUT2D eigenvalue weighted by atomic mass is 9.73. The second-order valence-corrected chi connectivity index (χ2v) is 9.17. The number of sulfonamides is 1. The van der Waals surface area contributed by atoms with Crippen LogP contribution in [0, 0.1) is 0 Å². The Bertz CT molecular complexity index is 920. The first-order chi connectivity index (χ1) is 13.4. The van der Waals surface area contributed by atoms with E-state index in [4.69, 9.17) is 4.74 Å². The van der Waals surface area contributed by atoms with Crippen molar-refractivity contribution in [3.05, 3.63) is 65.7 Å². The Balaban J connectivity index is 1.81. The molecule has 6 nitrogen and oxygen atoms in total. The fraction of sp³-hybridized carbons (Fsp3) is 0.381. The molecule has 0 aromatic heterocycles. The molecule has 1 saturated heterocycles. The van der Waals surface area contributed by atoms with E-state index in [2.05, 4.69) is 5.32 Å². The van der Waals surface area contributed by atoms with Gasteiger partial charge in [-0.05, 0) is 30.5 Å². The standard InChI is InChI=1S/C21H26N2O4S/c1-27-19-11-7-6-10-18(19)20(24)22-16-21(17-8-4-3-5-9-17)12-14-23(15-13-21)28(2,25)26/h3-11H,12-16H2,1-2H3,(H,22,24). The van der Waals surface area contributed by atoms with Crippen LogP contribution < -0.4 is 10.1 Å². The highest BCUT2D eigenvalue weighted by Gasteiger charge is 2.38. The minimum atomic E-state index is -3.21. The quantitative estimate of drug-likeness (QED) is 0.805. The fourth-order valence-corrected chi connectivity index (χ4v) is 4.63. The van der Waals surface area contributed by atoms with Gasteiger partial charge in [0, 0.05) is 25.0 Å². The molecule has 0 unspecified atom stereocenters. The van der Waals surface area contributed by atoms with Gasteiger partial charge >= 0.3 is 0 Å². The molecule has 3 rings (SSSR count). The number of para-hydroxylation sites is 1. The smallest absolute Gasteiger partial charge is 0.255 e. The summed E-state index contributed by atoms with van der Waals surface area (Å²) >= 11 is 0. The van der Waals surface area contributed by atoms with Gasteiger partial charge in [-0.1, -0.05) is 42.5 Å². The van der Waals surface area contributed by atoms with Crippen molar-refractivity contribution < 1.29 is 17.9 Å². The summed E-state index contributed by atoms with van der Waals surface area (Å²) in [5.41, 5.74) is 1.30. The Kier molecular flexibility index (Phi) is 6.05. The zero-order valence-corrected chi connectivity index (χ0v) is 17.0. The summed E-state index contributed by atoms with van der Waals surface area (Å²) < 4.78 is 30.6. The van der Waals surface area contributed by atoms with E-state index in [1.54, 1.807) is 25.3 Å². The zero-order chi connectivity index (χ0) is 20.2. The number of hydrogen-bond acceptors (Lipinski definition) is 4. The van der Waals surface area contributed by atoms with Crippen molar-refractivity contribution in [1.29, 1.82) is 0 Å². The predicted molar refractivity (Wildman–Crippen MR) is 109 cm³/mol. The number of ether oxygens (including phenoxy) is 1. The molecule has 0 saturated carbocycles. The number of piperidine rings is 1. The second kappa shape index (κ2) is 8.32. The number of carbonyl (C=O) groups excluding carboxylic acids is 1. The third-order valence-corrected chi connectivity index (χ3v) is 6.78. The molecule has 1 N–H and O–H groups in total. The molecule has 0 radical (unpaired) electrons. The van der Waals surface area contributed by atoms with Gasteiger partial charge < -0.3 is 10.1 Å². The number of nitrogens with one attached hydrogen (secondary N) is 1. The highest BCUT2D eigenvalue weighted by Crippen LogP contribution is 2.36. The fourth-order valence-electron chi connectivity index (χ4n) is 3.78. The first-order valence-corrected chi connectivity index (χ1v) is 11.1. The number of carbonyl (C=O) groups is 1. The van der Waals surface area contributed by atoms with Gasteiger partial charge in [0.25, 0.3) is 5.91 Å². The Morgan fingerprint density at radius 1 is 1.07 bits per heavy atom. The Hall–Kier alpha value is -2.38. The van der Waals surface area contributed by atoms with E-state index in [0.29, 0.717) is 43.8 Å². The Labute approximate surface area is 166 Å². The van der Waals surface area contributed by atoms with Crippen LogP contribution in [0.3, 0.4) is 0 Å². The van der Waals surface area contributed by atoms with Crippen molar-refractivity contribution in [3.63, 3.8) is 0 Å². The molecule has 1 amide bonds. The van der Waals surface area contributed by atoms with Crippen LogP contribution >= 0.6 is 0 Å². The highest BCUT2D eigenvalue weighted by molar-refractivity contribution is 7.88. The monoisotopic (exact) mass is 402 g/mol. The number of nitrogens with zero attached hydrogens (tertiary/aromatic N) is 1. The maximum absolute atomic E-state index is 12.8. The number of hydrogen-bond donors (Lipinski definition) is 1. The molecule has 1 aliphatic rings. The van der Waals surface area contributed by atoms with Crippen LogP contribution in [-0.2, 0) is 15.4 Å². The third kappa shape index (κ3) is 4.36. The molecule has 0 aliphatic carbocycles. The van der Waals surface area contributed by atoms with Gasteiger partial charge in [0.2, 0.25) is 10.0 Å². The molecule has 1 aliphatic heterocycles. The van der Waals surface area contributed by atoms with E-state index in [1.807, 2.05) is 36.4 Å². The number of rotatable bonds is 6. The van der Waals surface area contributed by atoms with Crippen molar-refractivity contribution in [2.45, 2.75) is 18.3 Å². The largest absolute Gasteiger partial charge is 0.496 e. The van der Waals surface area contributed by atoms with Crippen molar-refractivity contribution in [2.75, 3.05) is 33.0 Å². The maximum atomic E-state index is 12.8. The first kappa shape index (κ1) is 20.4. The van der Waals surface area contributed by atoms with Gasteiger partial charge in [-0.3, -0.25) is 4.79 Å². The van der Waals surface area contributed by atoms with E-state index < -0.39 is 10.0 Å². The van der Waals surface area contributed by atoms with Crippen molar-refractivity contribution in [2.24, 2.45) is 0 Å². The van der Waals surface area contributed by atoms with Crippen LogP contribution in [0.15, 0.2) is 54.6 Å². The van der Waals surface area contributed by atoms with E-state index in [1.165, 1.54) is 10.6 Å². The van der Waals surface area contributed by atoms with Crippen molar-refractivity contribution >= 4 is 15.9 Å². The molecular formula is C21H26N2O4S.